The Kier molecular flexibility index (Phi) is 8.29. The summed E-state index contributed by atoms with van der Waals surface area (Å²) < 4.78 is 29.4. The monoisotopic (exact) mass is 512 g/mol. The Labute approximate surface area is 190 Å². The van der Waals surface area contributed by atoms with Gasteiger partial charge in [0.15, 0.2) is 5.16 Å². The van der Waals surface area contributed by atoms with Gasteiger partial charge in [-0.15, -0.1) is 22.0 Å². The second kappa shape index (κ2) is 10.9. The maximum atomic E-state index is 13.9. The molecule has 2 aromatic carbocycles. The first-order valence-electron chi connectivity index (χ1n) is 9.08. The molecule has 30 heavy (non-hydrogen) atoms. The second-order valence-electron chi connectivity index (χ2n) is 6.22. The van der Waals surface area contributed by atoms with Crippen molar-refractivity contribution in [2.24, 2.45) is 0 Å². The van der Waals surface area contributed by atoms with Gasteiger partial charge in [0.2, 0.25) is 5.91 Å². The van der Waals surface area contributed by atoms with Gasteiger partial charge >= 0.3 is 0 Å². The number of anilines is 1. The smallest absolute Gasteiger partial charge is 0.234 e. The number of aromatic nitrogens is 3. The van der Waals surface area contributed by atoms with Gasteiger partial charge in [-0.25, -0.2) is 8.78 Å². The number of hydrogen-bond acceptors (Lipinski definition) is 5. The fourth-order valence-electron chi connectivity index (χ4n) is 2.60. The van der Waals surface area contributed by atoms with Crippen LogP contribution in [0.2, 0.25) is 0 Å². The van der Waals surface area contributed by atoms with E-state index in [1.807, 2.05) is 11.5 Å². The number of hydrogen-bond donors (Lipinski definition) is 1. The van der Waals surface area contributed by atoms with Crippen molar-refractivity contribution in [3.05, 3.63) is 70.0 Å². The number of nitrogens with zero attached hydrogens (tertiary/aromatic N) is 3. The van der Waals surface area contributed by atoms with Crippen LogP contribution in [0.15, 0.2) is 52.1 Å². The van der Waals surface area contributed by atoms with Crippen molar-refractivity contribution in [3.63, 3.8) is 0 Å². The van der Waals surface area contributed by atoms with E-state index in [9.17, 15) is 13.6 Å². The lowest BCUT2D eigenvalue weighted by Crippen LogP contribution is -2.15. The van der Waals surface area contributed by atoms with Crippen LogP contribution in [-0.4, -0.2) is 26.4 Å². The molecule has 0 unspecified atom stereocenters. The van der Waals surface area contributed by atoms with Gasteiger partial charge in [-0.1, -0.05) is 39.8 Å². The van der Waals surface area contributed by atoms with E-state index in [1.165, 1.54) is 36.0 Å². The highest BCUT2D eigenvalue weighted by atomic mass is 79.9. The molecular weight excluding hydrogens is 494 g/mol. The third kappa shape index (κ3) is 6.29. The van der Waals surface area contributed by atoms with E-state index in [-0.39, 0.29) is 23.2 Å². The molecule has 3 aromatic rings. The number of benzene rings is 2. The molecule has 0 spiro atoms. The summed E-state index contributed by atoms with van der Waals surface area (Å²) in [6, 6.07) is 10.9. The molecular formula is C20H19BrF2N4OS2. The van der Waals surface area contributed by atoms with Crippen LogP contribution in [-0.2, 0) is 22.8 Å². The molecule has 0 aliphatic carbocycles. The number of amides is 1. The SMILES string of the molecule is CCn1c(CSCc2ccc(F)cc2)nnc1SCC(=O)Nc1ccc(Br)cc1F. The average Bonchev–Trinajstić information content (AvgIpc) is 3.12. The maximum absolute atomic E-state index is 13.9. The maximum Gasteiger partial charge on any atom is 0.234 e. The Balaban J connectivity index is 1.53. The van der Waals surface area contributed by atoms with E-state index in [1.54, 1.807) is 30.0 Å². The van der Waals surface area contributed by atoms with Crippen LogP contribution < -0.4 is 5.32 Å². The Bertz CT molecular complexity index is 1010. The summed E-state index contributed by atoms with van der Waals surface area (Å²) >= 11 is 6.10. The van der Waals surface area contributed by atoms with Gasteiger partial charge < -0.3 is 9.88 Å². The highest BCUT2D eigenvalue weighted by Crippen LogP contribution is 2.23. The Morgan fingerprint density at radius 3 is 2.60 bits per heavy atom. The molecule has 0 aliphatic heterocycles. The van der Waals surface area contributed by atoms with E-state index >= 15 is 0 Å². The molecule has 5 nitrogen and oxygen atoms in total. The van der Waals surface area contributed by atoms with Crippen molar-refractivity contribution in [3.8, 4) is 0 Å². The van der Waals surface area contributed by atoms with Crippen LogP contribution in [0.25, 0.3) is 0 Å². The number of carbonyl (C=O) groups excluding carboxylic acids is 1. The van der Waals surface area contributed by atoms with Crippen molar-refractivity contribution in [2.45, 2.75) is 30.1 Å². The first-order chi connectivity index (χ1) is 14.5. The number of rotatable bonds is 9. The minimum absolute atomic E-state index is 0.0936. The average molecular weight is 513 g/mol. The van der Waals surface area contributed by atoms with Crippen molar-refractivity contribution in [1.82, 2.24) is 14.8 Å². The van der Waals surface area contributed by atoms with Crippen molar-refractivity contribution in [2.75, 3.05) is 11.1 Å². The lowest BCUT2D eigenvalue weighted by molar-refractivity contribution is -0.113. The summed E-state index contributed by atoms with van der Waals surface area (Å²) in [7, 11) is 0. The van der Waals surface area contributed by atoms with Crippen LogP contribution in [0.3, 0.4) is 0 Å². The zero-order valence-electron chi connectivity index (χ0n) is 16.1. The molecule has 0 bridgehead atoms. The quantitative estimate of drug-likeness (QED) is 0.383. The molecule has 1 aromatic heterocycles. The van der Waals surface area contributed by atoms with Gasteiger partial charge in [0, 0.05) is 16.8 Å². The highest BCUT2D eigenvalue weighted by Gasteiger charge is 2.14. The number of thioether (sulfide) groups is 2. The van der Waals surface area contributed by atoms with E-state index in [0.29, 0.717) is 21.9 Å². The Hall–Kier alpha value is -1.91. The molecule has 1 heterocycles. The van der Waals surface area contributed by atoms with E-state index < -0.39 is 5.82 Å². The predicted octanol–water partition coefficient (Wildman–Crippen LogP) is 5.50. The van der Waals surface area contributed by atoms with Crippen molar-refractivity contribution >= 4 is 51.0 Å². The molecule has 0 fully saturated rings. The highest BCUT2D eigenvalue weighted by molar-refractivity contribution is 9.10. The molecule has 0 atom stereocenters. The van der Waals surface area contributed by atoms with Gasteiger partial charge in [0.1, 0.15) is 17.5 Å². The first kappa shape index (κ1) is 22.8. The Morgan fingerprint density at radius 2 is 1.90 bits per heavy atom. The second-order valence-corrected chi connectivity index (χ2v) is 9.07. The molecule has 10 heteroatoms. The summed E-state index contributed by atoms with van der Waals surface area (Å²) in [4.78, 5) is 12.2. The third-order valence-electron chi connectivity index (χ3n) is 4.06. The third-order valence-corrected chi connectivity index (χ3v) is 6.52. The summed E-state index contributed by atoms with van der Waals surface area (Å²) in [6.07, 6.45) is 0. The van der Waals surface area contributed by atoms with Crippen LogP contribution in [0.1, 0.15) is 18.3 Å². The van der Waals surface area contributed by atoms with Crippen LogP contribution in [0.4, 0.5) is 14.5 Å². The van der Waals surface area contributed by atoms with Gasteiger partial charge in [0.25, 0.3) is 0 Å². The number of carbonyl (C=O) groups is 1. The fourth-order valence-corrected chi connectivity index (χ4v) is 4.68. The number of nitrogens with one attached hydrogen (secondary N) is 1. The van der Waals surface area contributed by atoms with Crippen LogP contribution >= 0.6 is 39.5 Å². The van der Waals surface area contributed by atoms with Gasteiger partial charge in [-0.3, -0.25) is 4.79 Å². The summed E-state index contributed by atoms with van der Waals surface area (Å²) in [6.45, 7) is 2.66. The summed E-state index contributed by atoms with van der Waals surface area (Å²) in [5, 5.41) is 11.6. The molecule has 3 rings (SSSR count). The summed E-state index contributed by atoms with van der Waals surface area (Å²) in [5.41, 5.74) is 1.18. The van der Waals surface area contributed by atoms with Crippen LogP contribution in [0.5, 0.6) is 0 Å². The number of halogens is 3. The normalized spacial score (nSPS) is 10.9. The lowest BCUT2D eigenvalue weighted by Gasteiger charge is -2.08. The minimum atomic E-state index is -0.500. The fraction of sp³-hybridized carbons (Fsp3) is 0.250. The van der Waals surface area contributed by atoms with E-state index in [2.05, 4.69) is 31.4 Å². The van der Waals surface area contributed by atoms with E-state index in [0.717, 1.165) is 17.1 Å². The summed E-state index contributed by atoms with van der Waals surface area (Å²) in [5.74, 6) is 1.22. The van der Waals surface area contributed by atoms with E-state index in [4.69, 9.17) is 0 Å². The molecule has 0 saturated heterocycles. The van der Waals surface area contributed by atoms with Crippen molar-refractivity contribution in [1.29, 1.82) is 0 Å². The van der Waals surface area contributed by atoms with Crippen molar-refractivity contribution < 1.29 is 13.6 Å². The molecule has 1 amide bonds. The first-order valence-corrected chi connectivity index (χ1v) is 12.0. The molecule has 1 N–H and O–H groups in total. The standard InChI is InChI=1S/C20H19BrF2N4OS2/c1-2-27-18(11-29-10-13-3-6-15(22)7-4-13)25-26-20(27)30-12-19(28)24-17-8-5-14(21)9-16(17)23/h3-9H,2,10-12H2,1H3,(H,24,28). The zero-order valence-corrected chi connectivity index (χ0v) is 19.3. The molecule has 0 radical (unpaired) electrons. The minimum Gasteiger partial charge on any atom is -0.323 e. The van der Waals surface area contributed by atoms with Gasteiger partial charge in [-0.2, -0.15) is 0 Å². The molecule has 158 valence electrons. The van der Waals surface area contributed by atoms with Gasteiger partial charge in [-0.05, 0) is 42.8 Å². The predicted molar refractivity (Wildman–Crippen MR) is 121 cm³/mol. The largest absolute Gasteiger partial charge is 0.323 e. The lowest BCUT2D eigenvalue weighted by atomic mass is 10.2. The molecule has 0 aliphatic rings. The topological polar surface area (TPSA) is 59.8 Å². The van der Waals surface area contributed by atoms with Gasteiger partial charge in [0.05, 0.1) is 17.2 Å². The molecule has 0 saturated carbocycles. The Morgan fingerprint density at radius 1 is 1.13 bits per heavy atom. The zero-order chi connectivity index (χ0) is 21.5. The van der Waals surface area contributed by atoms with Crippen LogP contribution in [0, 0.1) is 11.6 Å².